The summed E-state index contributed by atoms with van der Waals surface area (Å²) >= 11 is 21.1. The number of Topliss-reactive ketones (excluding diaryl/α,β-unsaturated/α-hetero) is 1. The second-order valence-electron chi connectivity index (χ2n) is 11.7. The zero-order valence-electron chi connectivity index (χ0n) is 24.0. The number of carbonyl (C=O) groups excluding carboxylic acids is 4. The minimum atomic E-state index is -1.39. The third-order valence-electron chi connectivity index (χ3n) is 9.27. The van der Waals surface area contributed by atoms with E-state index in [9.17, 15) is 19.2 Å². The van der Waals surface area contributed by atoms with Crippen LogP contribution >= 0.6 is 34.8 Å². The highest BCUT2D eigenvalue weighted by Crippen LogP contribution is 2.69. The lowest BCUT2D eigenvalue weighted by Crippen LogP contribution is -2.57. The molecule has 2 amide bonds. The van der Waals surface area contributed by atoms with Gasteiger partial charge in [-0.3, -0.25) is 19.3 Å². The summed E-state index contributed by atoms with van der Waals surface area (Å²) < 4.78 is 5.70. The van der Waals surface area contributed by atoms with Gasteiger partial charge in [-0.25, -0.2) is 4.79 Å². The third-order valence-corrected chi connectivity index (χ3v) is 10.8. The minimum Gasteiger partial charge on any atom is -0.453 e. The van der Waals surface area contributed by atoms with Crippen LogP contribution in [-0.2, 0) is 35.3 Å². The number of esters is 1. The van der Waals surface area contributed by atoms with Crippen LogP contribution in [0.1, 0.15) is 45.1 Å². The Morgan fingerprint density at radius 1 is 0.733 bits per heavy atom. The molecule has 1 fully saturated rings. The van der Waals surface area contributed by atoms with E-state index in [0.29, 0.717) is 38.4 Å². The van der Waals surface area contributed by atoms with Gasteiger partial charge >= 0.3 is 5.97 Å². The van der Waals surface area contributed by atoms with Gasteiger partial charge in [0.15, 0.2) is 6.10 Å². The highest BCUT2D eigenvalue weighted by atomic mass is 35.5. The molecule has 0 saturated carbocycles. The predicted octanol–water partition coefficient (Wildman–Crippen LogP) is 6.66. The van der Waals surface area contributed by atoms with Crippen molar-refractivity contribution >= 4 is 58.4 Å². The SMILES string of the molecule is C[C@H](OC(=O)[C@H](Cc1ccccc1)N1C(=O)[C@@H]2[C@@H](C1=O)C1(Cl)c3ccccc3C2(Cl)c2ccccc21)C(=O)c1ccc(Cl)cc1. The molecule has 0 unspecified atom stereocenters. The zero-order chi connectivity index (χ0) is 31.7. The number of amides is 2. The fourth-order valence-corrected chi connectivity index (χ4v) is 8.49. The summed E-state index contributed by atoms with van der Waals surface area (Å²) in [4.78, 5) is 54.5. The van der Waals surface area contributed by atoms with E-state index in [1.165, 1.54) is 6.92 Å². The maximum Gasteiger partial charge on any atom is 0.330 e. The van der Waals surface area contributed by atoms with E-state index in [1.807, 2.05) is 54.6 Å². The van der Waals surface area contributed by atoms with Crippen LogP contribution in [0.15, 0.2) is 103 Å². The molecule has 9 heteroatoms. The summed E-state index contributed by atoms with van der Waals surface area (Å²) in [6.45, 7) is 1.46. The van der Waals surface area contributed by atoms with Crippen LogP contribution < -0.4 is 0 Å². The Hall–Kier alpha value is -3.97. The number of alkyl halides is 2. The van der Waals surface area contributed by atoms with E-state index in [-0.39, 0.29) is 6.42 Å². The number of benzene rings is 4. The topological polar surface area (TPSA) is 80.8 Å². The molecule has 4 atom stereocenters. The highest BCUT2D eigenvalue weighted by Gasteiger charge is 2.73. The molecule has 0 N–H and O–H groups in total. The quantitative estimate of drug-likeness (QED) is 0.0961. The molecular weight excluding hydrogens is 633 g/mol. The molecule has 1 saturated heterocycles. The Morgan fingerprint density at radius 2 is 1.18 bits per heavy atom. The number of ether oxygens (including phenoxy) is 1. The number of imide groups is 1. The number of hydrogen-bond acceptors (Lipinski definition) is 5. The van der Waals surface area contributed by atoms with Crippen LogP contribution in [0.2, 0.25) is 5.02 Å². The number of hydrogen-bond donors (Lipinski definition) is 0. The Bertz CT molecular complexity index is 1750. The first kappa shape index (κ1) is 29.7. The lowest BCUT2D eigenvalue weighted by atomic mass is 9.54. The zero-order valence-corrected chi connectivity index (χ0v) is 26.2. The van der Waals surface area contributed by atoms with E-state index in [2.05, 4.69) is 0 Å². The summed E-state index contributed by atoms with van der Waals surface area (Å²) in [5.41, 5.74) is 3.65. The van der Waals surface area contributed by atoms with Gasteiger partial charge in [0, 0.05) is 17.0 Å². The maximum atomic E-state index is 14.6. The molecule has 8 rings (SSSR count). The van der Waals surface area contributed by atoms with Crippen molar-refractivity contribution in [3.8, 4) is 0 Å². The largest absolute Gasteiger partial charge is 0.453 e. The Kier molecular flexibility index (Phi) is 7.16. The molecule has 45 heavy (non-hydrogen) atoms. The average Bonchev–Trinajstić information content (AvgIpc) is 3.33. The third kappa shape index (κ3) is 4.30. The molecule has 4 aromatic carbocycles. The lowest BCUT2D eigenvalue weighted by Gasteiger charge is -2.54. The van der Waals surface area contributed by atoms with Gasteiger partial charge in [-0.15, -0.1) is 23.2 Å². The normalized spacial score (nSPS) is 25.6. The highest BCUT2D eigenvalue weighted by molar-refractivity contribution is 6.36. The van der Waals surface area contributed by atoms with Gasteiger partial charge in [0.1, 0.15) is 15.8 Å². The standard InChI is InChI=1S/C36H26Cl3NO5/c1-20(31(41)22-15-17-23(37)18-16-22)45-34(44)28(19-21-9-3-2-4-10-21)40-32(42)29-30(33(40)43)36(39)25-12-6-5-11-24(25)35(29,38)26-13-7-8-14-27(26)36/h2-18,20,28-30H,19H2,1H3/t20-,28-,29-,30-,35?,36?/m0/s1. The van der Waals surface area contributed by atoms with Crippen molar-refractivity contribution in [3.63, 3.8) is 0 Å². The molecule has 0 radical (unpaired) electrons. The Labute approximate surface area is 274 Å². The average molecular weight is 659 g/mol. The van der Waals surface area contributed by atoms with Crippen molar-refractivity contribution in [3.05, 3.63) is 142 Å². The molecule has 1 heterocycles. The summed E-state index contributed by atoms with van der Waals surface area (Å²) in [6, 6.07) is 28.5. The van der Waals surface area contributed by atoms with Gasteiger partial charge < -0.3 is 4.74 Å². The predicted molar refractivity (Wildman–Crippen MR) is 170 cm³/mol. The van der Waals surface area contributed by atoms with Gasteiger partial charge in [-0.2, -0.15) is 0 Å². The fraction of sp³-hybridized carbons (Fsp3) is 0.222. The Balaban J connectivity index is 1.30. The number of nitrogens with zero attached hydrogens (tertiary/aromatic N) is 1. The summed E-state index contributed by atoms with van der Waals surface area (Å²) in [5.74, 6) is -4.70. The van der Waals surface area contributed by atoms with E-state index in [1.54, 1.807) is 48.5 Å². The molecule has 6 nitrogen and oxygen atoms in total. The fourth-order valence-electron chi connectivity index (χ4n) is 7.27. The Morgan fingerprint density at radius 3 is 1.64 bits per heavy atom. The van der Waals surface area contributed by atoms with E-state index in [4.69, 9.17) is 39.5 Å². The van der Waals surface area contributed by atoms with Gasteiger partial charge in [-0.05, 0) is 59.0 Å². The molecule has 2 bridgehead atoms. The second-order valence-corrected chi connectivity index (χ2v) is 13.3. The first-order valence-corrected chi connectivity index (χ1v) is 15.7. The van der Waals surface area contributed by atoms with Crippen LogP contribution in [0.25, 0.3) is 0 Å². The van der Waals surface area contributed by atoms with E-state index >= 15 is 0 Å². The maximum absolute atomic E-state index is 14.6. The number of rotatable bonds is 7. The number of ketones is 1. The van der Waals surface area contributed by atoms with Crippen LogP contribution in [0.4, 0.5) is 0 Å². The minimum absolute atomic E-state index is 0.0249. The van der Waals surface area contributed by atoms with Gasteiger partial charge in [0.2, 0.25) is 17.6 Å². The van der Waals surface area contributed by atoms with Crippen LogP contribution in [-0.4, -0.2) is 40.6 Å². The van der Waals surface area contributed by atoms with Gasteiger partial charge in [0.25, 0.3) is 0 Å². The summed E-state index contributed by atoms with van der Waals surface area (Å²) in [6.07, 6.45) is -1.22. The van der Waals surface area contributed by atoms with Crippen molar-refractivity contribution in [2.75, 3.05) is 0 Å². The van der Waals surface area contributed by atoms with Gasteiger partial charge in [0.05, 0.1) is 11.8 Å². The second kappa shape index (κ2) is 10.8. The lowest BCUT2D eigenvalue weighted by molar-refractivity contribution is -0.160. The monoisotopic (exact) mass is 657 g/mol. The molecule has 0 spiro atoms. The van der Waals surface area contributed by atoms with Gasteiger partial charge in [-0.1, -0.05) is 90.5 Å². The first-order valence-electron chi connectivity index (χ1n) is 14.6. The van der Waals surface area contributed by atoms with Crippen molar-refractivity contribution in [1.29, 1.82) is 0 Å². The molecule has 4 aromatic rings. The molecule has 4 aliphatic rings. The number of likely N-dealkylation sites (tertiary alicyclic amines) is 1. The number of halogens is 3. The van der Waals surface area contributed by atoms with E-state index in [0.717, 1.165) is 4.90 Å². The van der Waals surface area contributed by atoms with Crippen molar-refractivity contribution in [1.82, 2.24) is 4.90 Å². The molecule has 0 aromatic heterocycles. The summed E-state index contributed by atoms with van der Waals surface area (Å²) in [7, 11) is 0. The first-order chi connectivity index (χ1) is 21.6. The smallest absolute Gasteiger partial charge is 0.330 e. The van der Waals surface area contributed by atoms with E-state index < -0.39 is 57.3 Å². The van der Waals surface area contributed by atoms with Crippen LogP contribution in [0.5, 0.6) is 0 Å². The van der Waals surface area contributed by atoms with Crippen molar-refractivity contribution in [2.24, 2.45) is 11.8 Å². The van der Waals surface area contributed by atoms with Crippen molar-refractivity contribution in [2.45, 2.75) is 35.2 Å². The summed E-state index contributed by atoms with van der Waals surface area (Å²) in [5, 5.41) is 0.457. The molecular formula is C36H26Cl3NO5. The van der Waals surface area contributed by atoms with Crippen molar-refractivity contribution < 1.29 is 23.9 Å². The molecule has 3 aliphatic carbocycles. The van der Waals surface area contributed by atoms with Crippen LogP contribution in [0, 0.1) is 11.8 Å². The number of carbonyl (C=O) groups is 4. The molecule has 1 aliphatic heterocycles. The molecule has 226 valence electrons. The van der Waals surface area contributed by atoms with Crippen LogP contribution in [0.3, 0.4) is 0 Å².